The van der Waals surface area contributed by atoms with Gasteiger partial charge in [-0.3, -0.25) is 4.90 Å². The van der Waals surface area contributed by atoms with E-state index < -0.39 is 5.91 Å². The first-order chi connectivity index (χ1) is 2.94. The van der Waals surface area contributed by atoms with Crippen LogP contribution in [0.3, 0.4) is 0 Å². The van der Waals surface area contributed by atoms with E-state index in [1.54, 1.807) is 0 Å². The van der Waals surface area contributed by atoms with Gasteiger partial charge in [-0.1, -0.05) is 0 Å². The minimum absolute atomic E-state index is 1.19. The number of nitrogens with zero attached hydrogens (tertiary/aromatic N) is 1. The van der Waals surface area contributed by atoms with Gasteiger partial charge in [0.1, 0.15) is 0 Å². The molecule has 3 nitrogen and oxygen atoms in total. The average Bonchev–Trinajstić information content (AvgIpc) is 1.31. The number of hydrogen-bond donors (Lipinski definition) is 2. The summed E-state index contributed by atoms with van der Waals surface area (Å²) in [6, 6.07) is 0. The van der Waals surface area contributed by atoms with Crippen molar-refractivity contribution in [3.63, 3.8) is 0 Å². The standard InChI is InChI=1S/C4H10NO2/c1-4(6,7)5(2)3/h6-7H,1H2,2-3H3. The summed E-state index contributed by atoms with van der Waals surface area (Å²) >= 11 is 0. The summed E-state index contributed by atoms with van der Waals surface area (Å²) in [5, 5.41) is 16.9. The molecule has 0 aromatic carbocycles. The van der Waals surface area contributed by atoms with Crippen LogP contribution in [0.5, 0.6) is 0 Å². The lowest BCUT2D eigenvalue weighted by Crippen LogP contribution is -2.40. The van der Waals surface area contributed by atoms with E-state index in [0.29, 0.717) is 0 Å². The van der Waals surface area contributed by atoms with Gasteiger partial charge in [-0.05, 0) is 14.1 Å². The molecule has 2 N–H and O–H groups in total. The highest BCUT2D eigenvalue weighted by Crippen LogP contribution is 1.96. The van der Waals surface area contributed by atoms with Crippen molar-refractivity contribution in [2.24, 2.45) is 0 Å². The van der Waals surface area contributed by atoms with E-state index >= 15 is 0 Å². The third-order valence-electron chi connectivity index (χ3n) is 0.716. The molecule has 0 aromatic rings. The Morgan fingerprint density at radius 3 is 1.57 bits per heavy atom. The third-order valence-corrected chi connectivity index (χ3v) is 0.716. The van der Waals surface area contributed by atoms with Crippen LogP contribution >= 0.6 is 0 Å². The molecular weight excluding hydrogens is 94.0 g/mol. The van der Waals surface area contributed by atoms with Gasteiger partial charge in [-0.15, -0.1) is 0 Å². The Kier molecular flexibility index (Phi) is 1.75. The molecule has 0 unspecified atom stereocenters. The molecule has 0 heterocycles. The smallest absolute Gasteiger partial charge is 0.224 e. The predicted molar refractivity (Wildman–Crippen MR) is 26.2 cm³/mol. The van der Waals surface area contributed by atoms with Crippen LogP contribution < -0.4 is 0 Å². The molecule has 0 atom stereocenters. The Bertz CT molecular complexity index is 55.2. The van der Waals surface area contributed by atoms with E-state index in [2.05, 4.69) is 6.92 Å². The predicted octanol–water partition coefficient (Wildman–Crippen LogP) is -0.980. The largest absolute Gasteiger partial charge is 0.353 e. The van der Waals surface area contributed by atoms with Gasteiger partial charge in [0.05, 0.1) is 0 Å². The zero-order valence-corrected chi connectivity index (χ0v) is 4.55. The minimum Gasteiger partial charge on any atom is -0.353 e. The normalized spacial score (nSPS) is 12.9. The maximum absolute atomic E-state index is 8.47. The van der Waals surface area contributed by atoms with Crippen LogP contribution in [0, 0.1) is 6.92 Å². The third kappa shape index (κ3) is 2.56. The van der Waals surface area contributed by atoms with Crippen molar-refractivity contribution in [1.82, 2.24) is 4.90 Å². The van der Waals surface area contributed by atoms with Crippen molar-refractivity contribution in [3.8, 4) is 0 Å². The summed E-state index contributed by atoms with van der Waals surface area (Å²) < 4.78 is 0. The summed E-state index contributed by atoms with van der Waals surface area (Å²) in [4.78, 5) is 1.19. The molecule has 0 aliphatic heterocycles. The molecule has 43 valence electrons. The molecule has 0 bridgehead atoms. The maximum Gasteiger partial charge on any atom is 0.224 e. The summed E-state index contributed by atoms with van der Waals surface area (Å²) in [5.41, 5.74) is 0. The van der Waals surface area contributed by atoms with Crippen molar-refractivity contribution in [1.29, 1.82) is 0 Å². The molecule has 0 saturated carbocycles. The fraction of sp³-hybridized carbons (Fsp3) is 0.750. The molecule has 3 heteroatoms. The summed E-state index contributed by atoms with van der Waals surface area (Å²) in [5.74, 6) is -1.92. The van der Waals surface area contributed by atoms with E-state index in [9.17, 15) is 0 Å². The molecule has 0 fully saturated rings. The van der Waals surface area contributed by atoms with E-state index in [1.807, 2.05) is 0 Å². The lowest BCUT2D eigenvalue weighted by molar-refractivity contribution is -0.212. The molecular formula is C4H10NO2. The van der Waals surface area contributed by atoms with E-state index in [4.69, 9.17) is 10.2 Å². The Hall–Kier alpha value is -0.120. The molecule has 0 amide bonds. The topological polar surface area (TPSA) is 43.7 Å². The van der Waals surface area contributed by atoms with Gasteiger partial charge in [-0.2, -0.15) is 0 Å². The highest BCUT2D eigenvalue weighted by molar-refractivity contribution is 4.60. The zero-order valence-electron chi connectivity index (χ0n) is 4.55. The lowest BCUT2D eigenvalue weighted by Gasteiger charge is -2.23. The summed E-state index contributed by atoms with van der Waals surface area (Å²) in [6.45, 7) is 3.01. The second-order valence-corrected chi connectivity index (χ2v) is 1.67. The number of aliphatic hydroxyl groups is 2. The van der Waals surface area contributed by atoms with E-state index in [0.717, 1.165) is 0 Å². The monoisotopic (exact) mass is 104 g/mol. The molecule has 0 aliphatic rings. The van der Waals surface area contributed by atoms with Crippen LogP contribution in [0.1, 0.15) is 0 Å². The lowest BCUT2D eigenvalue weighted by atomic mass is 10.5. The van der Waals surface area contributed by atoms with Crippen LogP contribution in [-0.2, 0) is 0 Å². The highest BCUT2D eigenvalue weighted by atomic mass is 16.5. The molecule has 0 saturated heterocycles. The Labute approximate surface area is 43.2 Å². The first-order valence-electron chi connectivity index (χ1n) is 1.92. The molecule has 7 heavy (non-hydrogen) atoms. The fourth-order valence-electron chi connectivity index (χ4n) is 0. The quantitative estimate of drug-likeness (QED) is 0.420. The van der Waals surface area contributed by atoms with Crippen LogP contribution in [-0.4, -0.2) is 35.1 Å². The molecule has 0 rings (SSSR count). The Morgan fingerprint density at radius 1 is 1.43 bits per heavy atom. The second kappa shape index (κ2) is 1.78. The van der Waals surface area contributed by atoms with Gasteiger partial charge in [-0.25, -0.2) is 0 Å². The highest BCUT2D eigenvalue weighted by Gasteiger charge is 2.16. The Morgan fingerprint density at radius 2 is 1.57 bits per heavy atom. The first-order valence-corrected chi connectivity index (χ1v) is 1.92. The van der Waals surface area contributed by atoms with Gasteiger partial charge in [0.15, 0.2) is 0 Å². The minimum atomic E-state index is -1.92. The molecule has 0 aromatic heterocycles. The first kappa shape index (κ1) is 6.88. The van der Waals surface area contributed by atoms with Crippen molar-refractivity contribution in [3.05, 3.63) is 6.92 Å². The van der Waals surface area contributed by atoms with E-state index in [-0.39, 0.29) is 0 Å². The van der Waals surface area contributed by atoms with Crippen molar-refractivity contribution in [2.45, 2.75) is 5.91 Å². The molecule has 1 radical (unpaired) electrons. The van der Waals surface area contributed by atoms with E-state index in [1.165, 1.54) is 19.0 Å². The van der Waals surface area contributed by atoms with Gasteiger partial charge in [0.25, 0.3) is 0 Å². The van der Waals surface area contributed by atoms with Crippen molar-refractivity contribution < 1.29 is 10.2 Å². The van der Waals surface area contributed by atoms with Gasteiger partial charge in [0.2, 0.25) is 5.91 Å². The zero-order chi connectivity index (χ0) is 6.08. The maximum atomic E-state index is 8.47. The van der Waals surface area contributed by atoms with Crippen LogP contribution in [0.2, 0.25) is 0 Å². The van der Waals surface area contributed by atoms with Crippen molar-refractivity contribution in [2.75, 3.05) is 14.1 Å². The van der Waals surface area contributed by atoms with Crippen LogP contribution in [0.15, 0.2) is 0 Å². The van der Waals surface area contributed by atoms with Gasteiger partial charge >= 0.3 is 0 Å². The number of hydrogen-bond acceptors (Lipinski definition) is 3. The fourth-order valence-corrected chi connectivity index (χ4v) is 0. The molecule has 0 aliphatic carbocycles. The second-order valence-electron chi connectivity index (χ2n) is 1.67. The Balaban J connectivity index is 3.54. The summed E-state index contributed by atoms with van der Waals surface area (Å²) in [6.07, 6.45) is 0. The van der Waals surface area contributed by atoms with Crippen LogP contribution in [0.4, 0.5) is 0 Å². The molecule has 0 spiro atoms. The van der Waals surface area contributed by atoms with Crippen molar-refractivity contribution >= 4 is 0 Å². The van der Waals surface area contributed by atoms with Gasteiger partial charge < -0.3 is 10.2 Å². The summed E-state index contributed by atoms with van der Waals surface area (Å²) in [7, 11) is 3.04. The number of rotatable bonds is 1. The van der Waals surface area contributed by atoms with Gasteiger partial charge in [0, 0.05) is 6.92 Å². The SMILES string of the molecule is [CH2]C(O)(O)N(C)C. The van der Waals surface area contributed by atoms with Crippen LogP contribution in [0.25, 0.3) is 0 Å². The average molecular weight is 104 g/mol.